The molecule has 3 rings (SSSR count). The number of nitrogens with zero attached hydrogens (tertiary/aromatic N) is 2. The van der Waals surface area contributed by atoms with Gasteiger partial charge in [-0.1, -0.05) is 17.3 Å². The molecule has 152 valence electrons. The molecular formula is C18H8F8N2O. The molecule has 0 spiro atoms. The van der Waals surface area contributed by atoms with Crippen LogP contribution in [-0.4, -0.2) is 10.1 Å². The molecule has 0 aliphatic rings. The largest absolute Gasteiger partial charge is 0.416 e. The van der Waals surface area contributed by atoms with Gasteiger partial charge in [0.25, 0.3) is 5.89 Å². The van der Waals surface area contributed by atoms with E-state index in [2.05, 4.69) is 10.1 Å². The predicted molar refractivity (Wildman–Crippen MR) is 85.0 cm³/mol. The van der Waals surface area contributed by atoms with Gasteiger partial charge in [0, 0.05) is 0 Å². The van der Waals surface area contributed by atoms with Crippen LogP contribution in [0.3, 0.4) is 0 Å². The average molecular weight is 420 g/mol. The number of aromatic nitrogens is 2. The normalized spacial score (nSPS) is 12.7. The topological polar surface area (TPSA) is 38.9 Å². The van der Waals surface area contributed by atoms with Crippen molar-refractivity contribution in [1.29, 1.82) is 0 Å². The van der Waals surface area contributed by atoms with Crippen molar-refractivity contribution in [3.8, 4) is 11.5 Å². The Morgan fingerprint density at radius 2 is 1.34 bits per heavy atom. The van der Waals surface area contributed by atoms with Crippen molar-refractivity contribution in [2.24, 2.45) is 0 Å². The Balaban J connectivity index is 1.96. The van der Waals surface area contributed by atoms with Crippen molar-refractivity contribution >= 4 is 12.2 Å². The van der Waals surface area contributed by atoms with Crippen LogP contribution in [0.15, 0.2) is 40.9 Å². The minimum absolute atomic E-state index is 0.00917. The highest BCUT2D eigenvalue weighted by Crippen LogP contribution is 2.36. The van der Waals surface area contributed by atoms with E-state index >= 15 is 0 Å². The maximum Gasteiger partial charge on any atom is 0.416 e. The molecule has 11 heteroatoms. The Morgan fingerprint density at radius 3 is 1.86 bits per heavy atom. The zero-order valence-corrected chi connectivity index (χ0v) is 13.9. The van der Waals surface area contributed by atoms with Crippen molar-refractivity contribution < 1.29 is 39.6 Å². The Bertz CT molecular complexity index is 1010. The summed E-state index contributed by atoms with van der Waals surface area (Å²) in [6.07, 6.45) is -8.16. The summed E-state index contributed by atoms with van der Waals surface area (Å²) in [7, 11) is 0. The van der Waals surface area contributed by atoms with Gasteiger partial charge in [-0.2, -0.15) is 31.3 Å². The van der Waals surface area contributed by atoms with Gasteiger partial charge in [-0.25, -0.2) is 8.78 Å². The molecule has 0 fully saturated rings. The molecule has 0 aliphatic heterocycles. The molecular weight excluding hydrogens is 412 g/mol. The quantitative estimate of drug-likeness (QED) is 0.472. The molecule has 0 N–H and O–H groups in total. The highest BCUT2D eigenvalue weighted by Gasteiger charge is 2.36. The molecule has 1 heterocycles. The van der Waals surface area contributed by atoms with Crippen LogP contribution in [0.25, 0.3) is 23.6 Å². The molecule has 0 unspecified atom stereocenters. The van der Waals surface area contributed by atoms with Crippen molar-refractivity contribution in [3.63, 3.8) is 0 Å². The Kier molecular flexibility index (Phi) is 5.16. The average Bonchev–Trinajstić information content (AvgIpc) is 3.06. The summed E-state index contributed by atoms with van der Waals surface area (Å²) in [4.78, 5) is 3.67. The molecule has 0 aliphatic carbocycles. The first kappa shape index (κ1) is 20.5. The van der Waals surface area contributed by atoms with Crippen LogP contribution in [0.4, 0.5) is 35.1 Å². The van der Waals surface area contributed by atoms with Crippen molar-refractivity contribution in [2.45, 2.75) is 12.4 Å². The maximum atomic E-state index is 13.7. The lowest BCUT2D eigenvalue weighted by Gasteiger charge is -2.12. The van der Waals surface area contributed by atoms with Gasteiger partial charge < -0.3 is 4.52 Å². The number of rotatable bonds is 3. The molecule has 0 radical (unpaired) electrons. The fourth-order valence-corrected chi connectivity index (χ4v) is 2.35. The first-order chi connectivity index (χ1) is 13.4. The Morgan fingerprint density at radius 1 is 0.793 bits per heavy atom. The third-order valence-corrected chi connectivity index (χ3v) is 3.65. The van der Waals surface area contributed by atoms with Crippen LogP contribution in [0.1, 0.15) is 22.5 Å². The van der Waals surface area contributed by atoms with Gasteiger partial charge in [-0.3, -0.25) is 0 Å². The highest BCUT2D eigenvalue weighted by molar-refractivity contribution is 5.68. The van der Waals surface area contributed by atoms with Crippen molar-refractivity contribution in [3.05, 3.63) is 70.5 Å². The van der Waals surface area contributed by atoms with E-state index in [4.69, 9.17) is 4.52 Å². The van der Waals surface area contributed by atoms with E-state index in [1.54, 1.807) is 0 Å². The summed E-state index contributed by atoms with van der Waals surface area (Å²) in [5.41, 5.74) is -4.03. The molecule has 2 aromatic carbocycles. The first-order valence-corrected chi connectivity index (χ1v) is 7.71. The molecule has 0 atom stereocenters. The molecule has 1 aromatic heterocycles. The van der Waals surface area contributed by atoms with Crippen LogP contribution < -0.4 is 0 Å². The van der Waals surface area contributed by atoms with Gasteiger partial charge in [-0.15, -0.1) is 0 Å². The van der Waals surface area contributed by atoms with Gasteiger partial charge in [0.15, 0.2) is 5.82 Å². The van der Waals surface area contributed by atoms with Crippen LogP contribution in [0.2, 0.25) is 0 Å². The van der Waals surface area contributed by atoms with Gasteiger partial charge in [-0.05, 0) is 42.0 Å². The lowest BCUT2D eigenvalue weighted by Crippen LogP contribution is -2.11. The van der Waals surface area contributed by atoms with Crippen LogP contribution >= 0.6 is 0 Å². The smallest absolute Gasteiger partial charge is 0.333 e. The lowest BCUT2D eigenvalue weighted by molar-refractivity contribution is -0.143. The van der Waals surface area contributed by atoms with E-state index in [-0.39, 0.29) is 11.9 Å². The minimum Gasteiger partial charge on any atom is -0.333 e. The Labute approximate surface area is 157 Å². The molecule has 29 heavy (non-hydrogen) atoms. The molecule has 0 amide bonds. The van der Waals surface area contributed by atoms with Crippen LogP contribution in [-0.2, 0) is 12.4 Å². The summed E-state index contributed by atoms with van der Waals surface area (Å²) in [5.74, 6) is -2.83. The zero-order valence-electron chi connectivity index (χ0n) is 13.9. The summed E-state index contributed by atoms with van der Waals surface area (Å²) in [5, 5.41) is 3.38. The lowest BCUT2D eigenvalue weighted by atomic mass is 10.0. The number of hydrogen-bond acceptors (Lipinski definition) is 3. The highest BCUT2D eigenvalue weighted by atomic mass is 19.4. The first-order valence-electron chi connectivity index (χ1n) is 7.71. The van der Waals surface area contributed by atoms with E-state index < -0.39 is 52.1 Å². The van der Waals surface area contributed by atoms with Crippen molar-refractivity contribution in [1.82, 2.24) is 10.1 Å². The number of benzene rings is 2. The third kappa shape index (κ3) is 4.61. The summed E-state index contributed by atoms with van der Waals surface area (Å²) in [6.45, 7) is 0. The van der Waals surface area contributed by atoms with E-state index in [9.17, 15) is 35.1 Å². The SMILES string of the molecule is Fc1cccc(F)c1-c1nc(/C=C/c2cc(C(F)(F)F)cc(C(F)(F)F)c2)no1. The fourth-order valence-electron chi connectivity index (χ4n) is 2.35. The number of alkyl halides is 6. The molecule has 3 aromatic rings. The zero-order chi connectivity index (χ0) is 21.4. The van der Waals surface area contributed by atoms with E-state index in [1.165, 1.54) is 0 Å². The van der Waals surface area contributed by atoms with Crippen LogP contribution in [0.5, 0.6) is 0 Å². The Hall–Kier alpha value is -3.24. The second kappa shape index (κ2) is 7.30. The van der Waals surface area contributed by atoms with Gasteiger partial charge in [0.1, 0.15) is 17.2 Å². The molecule has 0 bridgehead atoms. The van der Waals surface area contributed by atoms with Crippen molar-refractivity contribution in [2.75, 3.05) is 0 Å². The summed E-state index contributed by atoms with van der Waals surface area (Å²) < 4.78 is 109. The molecule has 0 saturated carbocycles. The number of halogens is 8. The molecule has 0 saturated heterocycles. The third-order valence-electron chi connectivity index (χ3n) is 3.65. The van der Waals surface area contributed by atoms with Gasteiger partial charge >= 0.3 is 12.4 Å². The standard InChI is InChI=1S/C18H8F8N2O/c19-12-2-1-3-13(20)15(12)16-27-14(28-29-16)5-4-9-6-10(17(21,22)23)8-11(7-9)18(24,25)26/h1-8H/b5-4+. The van der Waals surface area contributed by atoms with Gasteiger partial charge in [0.05, 0.1) is 11.1 Å². The summed E-state index contributed by atoms with van der Waals surface area (Å²) in [6, 6.07) is 3.99. The van der Waals surface area contributed by atoms with E-state index in [0.29, 0.717) is 12.1 Å². The number of hydrogen-bond donors (Lipinski definition) is 0. The second-order valence-electron chi connectivity index (χ2n) is 5.73. The predicted octanol–water partition coefficient (Wildman–Crippen LogP) is 6.22. The fraction of sp³-hybridized carbons (Fsp3) is 0.111. The molecule has 3 nitrogen and oxygen atoms in total. The van der Waals surface area contributed by atoms with E-state index in [1.807, 2.05) is 0 Å². The minimum atomic E-state index is -4.99. The maximum absolute atomic E-state index is 13.7. The van der Waals surface area contributed by atoms with Crippen LogP contribution in [0, 0.1) is 11.6 Å². The monoisotopic (exact) mass is 420 g/mol. The van der Waals surface area contributed by atoms with Gasteiger partial charge in [0.2, 0.25) is 0 Å². The van der Waals surface area contributed by atoms with E-state index in [0.717, 1.165) is 30.4 Å². The second-order valence-corrected chi connectivity index (χ2v) is 5.73. The summed E-state index contributed by atoms with van der Waals surface area (Å²) >= 11 is 0.